The van der Waals surface area contributed by atoms with E-state index in [4.69, 9.17) is 0 Å². The van der Waals surface area contributed by atoms with Gasteiger partial charge in [0.25, 0.3) is 0 Å². The van der Waals surface area contributed by atoms with Crippen molar-refractivity contribution in [2.75, 3.05) is 22.6 Å². The maximum atomic E-state index is 11.2. The van der Waals surface area contributed by atoms with Crippen LogP contribution in [0.3, 0.4) is 0 Å². The molecule has 166 valence electrons. The Balaban J connectivity index is 1.67. The van der Waals surface area contributed by atoms with Crippen LogP contribution >= 0.6 is 0 Å². The van der Waals surface area contributed by atoms with Crippen LogP contribution in [0.25, 0.3) is 11.1 Å². The topological polar surface area (TPSA) is 55.8 Å². The predicted octanol–water partition coefficient (Wildman–Crippen LogP) is 6.55. The van der Waals surface area contributed by atoms with Crippen molar-refractivity contribution >= 4 is 23.0 Å². The van der Waals surface area contributed by atoms with Crippen LogP contribution in [0.2, 0.25) is 0 Å². The number of anilines is 3. The fourth-order valence-corrected chi connectivity index (χ4v) is 3.80. The minimum absolute atomic E-state index is 0.251. The third-order valence-electron chi connectivity index (χ3n) is 5.60. The van der Waals surface area contributed by atoms with E-state index in [0.29, 0.717) is 0 Å². The van der Waals surface area contributed by atoms with Crippen molar-refractivity contribution in [2.24, 2.45) is 0 Å². The molecule has 0 saturated carbocycles. The average Bonchev–Trinajstić information content (AvgIpc) is 2.83. The number of carboxylic acid groups (broad SMARTS) is 1. The number of hydrogen-bond acceptors (Lipinski definition) is 4. The van der Waals surface area contributed by atoms with Crippen molar-refractivity contribution < 1.29 is 9.90 Å². The Morgan fingerprint density at radius 2 is 1.45 bits per heavy atom. The monoisotopic (exact) mass is 437 g/mol. The van der Waals surface area contributed by atoms with E-state index in [-0.39, 0.29) is 5.56 Å². The molecule has 0 aliphatic rings. The van der Waals surface area contributed by atoms with Crippen molar-refractivity contribution in [1.82, 2.24) is 0 Å². The maximum Gasteiger partial charge on any atom is 0.335 e. The summed E-state index contributed by atoms with van der Waals surface area (Å²) in [5.41, 5.74) is 11.3. The van der Waals surface area contributed by atoms with Gasteiger partial charge in [-0.1, -0.05) is 54.1 Å². The molecule has 0 heterocycles. The van der Waals surface area contributed by atoms with Crippen LogP contribution in [0, 0.1) is 13.8 Å². The fraction of sp³-hybridized carbons (Fsp3) is 0.107. The van der Waals surface area contributed by atoms with Crippen LogP contribution < -0.4 is 15.6 Å². The molecular weight excluding hydrogens is 410 g/mol. The Labute approximate surface area is 194 Å². The first-order chi connectivity index (χ1) is 15.9. The second-order valence-corrected chi connectivity index (χ2v) is 8.03. The van der Waals surface area contributed by atoms with Gasteiger partial charge in [0.2, 0.25) is 0 Å². The van der Waals surface area contributed by atoms with Crippen LogP contribution in [-0.2, 0) is 0 Å². The lowest BCUT2D eigenvalue weighted by Crippen LogP contribution is -2.44. The van der Waals surface area contributed by atoms with E-state index in [1.165, 1.54) is 16.7 Å². The molecule has 5 heteroatoms. The van der Waals surface area contributed by atoms with E-state index in [9.17, 15) is 9.90 Å². The first-order valence-corrected chi connectivity index (χ1v) is 10.8. The highest BCUT2D eigenvalue weighted by molar-refractivity contribution is 5.88. The summed E-state index contributed by atoms with van der Waals surface area (Å²) >= 11 is 0. The number of aryl methyl sites for hydroxylation is 2. The number of nitrogens with zero attached hydrogens (tertiary/aromatic N) is 2. The summed E-state index contributed by atoms with van der Waals surface area (Å²) in [5.74, 6) is -0.943. The number of nitrogens with one attached hydrogen (secondary N) is 1. The van der Waals surface area contributed by atoms with Gasteiger partial charge < -0.3 is 5.11 Å². The molecule has 4 rings (SSSR count). The first-order valence-electron chi connectivity index (χ1n) is 10.8. The third kappa shape index (κ3) is 4.99. The lowest BCUT2D eigenvalue weighted by Gasteiger charge is -2.36. The minimum atomic E-state index is -0.943. The van der Waals surface area contributed by atoms with Crippen molar-refractivity contribution in [3.05, 3.63) is 114 Å². The highest BCUT2D eigenvalue weighted by Gasteiger charge is 2.15. The van der Waals surface area contributed by atoms with Gasteiger partial charge in [-0.05, 0) is 79.1 Å². The number of carboxylic acids is 1. The van der Waals surface area contributed by atoms with E-state index >= 15 is 0 Å². The molecule has 0 spiro atoms. The van der Waals surface area contributed by atoms with Crippen LogP contribution in [-0.4, -0.2) is 18.1 Å². The largest absolute Gasteiger partial charge is 0.478 e. The van der Waals surface area contributed by atoms with Crippen LogP contribution in [0.15, 0.2) is 97.1 Å². The molecule has 0 radical (unpaired) electrons. The zero-order valence-electron chi connectivity index (χ0n) is 19.0. The molecule has 0 aliphatic heterocycles. The molecule has 0 amide bonds. The van der Waals surface area contributed by atoms with Gasteiger partial charge in [-0.2, -0.15) is 5.12 Å². The Morgan fingerprint density at radius 3 is 2.06 bits per heavy atom. The highest BCUT2D eigenvalue weighted by atomic mass is 16.4. The van der Waals surface area contributed by atoms with Crippen LogP contribution in [0.4, 0.5) is 17.1 Å². The van der Waals surface area contributed by atoms with Gasteiger partial charge >= 0.3 is 5.97 Å². The number of hydrogen-bond donors (Lipinski definition) is 2. The normalized spacial score (nSPS) is 10.5. The zero-order chi connectivity index (χ0) is 23.4. The molecule has 0 bridgehead atoms. The quantitative estimate of drug-likeness (QED) is 0.321. The van der Waals surface area contributed by atoms with Gasteiger partial charge in [-0.3, -0.25) is 10.4 Å². The summed E-state index contributed by atoms with van der Waals surface area (Å²) in [5, 5.41) is 13.1. The number of benzene rings is 4. The molecule has 33 heavy (non-hydrogen) atoms. The van der Waals surface area contributed by atoms with Crippen LogP contribution in [0.1, 0.15) is 21.5 Å². The molecule has 2 N–H and O–H groups in total. The summed E-state index contributed by atoms with van der Waals surface area (Å²) in [6.07, 6.45) is 0. The van der Waals surface area contributed by atoms with E-state index in [1.54, 1.807) is 24.3 Å². The van der Waals surface area contributed by atoms with Crippen LogP contribution in [0.5, 0.6) is 0 Å². The van der Waals surface area contributed by atoms with E-state index < -0.39 is 5.97 Å². The summed E-state index contributed by atoms with van der Waals surface area (Å²) in [6, 6.07) is 31.6. The van der Waals surface area contributed by atoms with Crippen molar-refractivity contribution in [2.45, 2.75) is 13.8 Å². The Hall–Kier alpha value is -4.25. The molecule has 0 atom stereocenters. The minimum Gasteiger partial charge on any atom is -0.478 e. The first kappa shape index (κ1) is 22.0. The molecular formula is C28H27N3O2. The second-order valence-electron chi connectivity index (χ2n) is 8.03. The number of aromatic carboxylic acids is 1. The van der Waals surface area contributed by atoms with E-state index in [2.05, 4.69) is 61.7 Å². The second kappa shape index (κ2) is 9.49. The molecule has 0 aromatic heterocycles. The van der Waals surface area contributed by atoms with Gasteiger partial charge in [0.1, 0.15) is 0 Å². The highest BCUT2D eigenvalue weighted by Crippen LogP contribution is 2.28. The molecule has 4 aromatic rings. The van der Waals surface area contributed by atoms with Crippen molar-refractivity contribution in [3.63, 3.8) is 0 Å². The third-order valence-corrected chi connectivity index (χ3v) is 5.60. The maximum absolute atomic E-state index is 11.2. The van der Waals surface area contributed by atoms with E-state index in [0.717, 1.165) is 22.6 Å². The Bertz CT molecular complexity index is 1240. The number of hydrazine groups is 2. The van der Waals surface area contributed by atoms with Gasteiger partial charge in [0.05, 0.1) is 22.6 Å². The zero-order valence-corrected chi connectivity index (χ0v) is 19.0. The van der Waals surface area contributed by atoms with E-state index in [1.807, 2.05) is 47.5 Å². The van der Waals surface area contributed by atoms with Crippen molar-refractivity contribution in [1.29, 1.82) is 0 Å². The lowest BCUT2D eigenvalue weighted by molar-refractivity contribution is 0.0697. The SMILES string of the molecule is Cc1ccc(-c2ccc(N(Nc3ccc(C(=O)O)cc3)N(C)c3ccccc3)cc2)c(C)c1. The molecule has 0 saturated heterocycles. The molecule has 4 aromatic carbocycles. The Kier molecular flexibility index (Phi) is 6.31. The fourth-order valence-electron chi connectivity index (χ4n) is 3.80. The molecule has 0 unspecified atom stereocenters. The standard InChI is InChI=1S/C28H27N3O2/c1-20-9-18-27(21(2)19-20)22-12-16-26(17-13-22)31(30(3)25-7-5-4-6-8-25)29-24-14-10-23(11-15-24)28(32)33/h4-19,29H,1-3H3,(H,32,33). The summed E-state index contributed by atoms with van der Waals surface area (Å²) in [7, 11) is 1.98. The Morgan fingerprint density at radius 1 is 0.788 bits per heavy atom. The summed E-state index contributed by atoms with van der Waals surface area (Å²) in [4.78, 5) is 11.2. The van der Waals surface area contributed by atoms with Gasteiger partial charge in [-0.15, -0.1) is 0 Å². The molecule has 0 aliphatic carbocycles. The smallest absolute Gasteiger partial charge is 0.335 e. The lowest BCUT2D eigenvalue weighted by atomic mass is 9.99. The summed E-state index contributed by atoms with van der Waals surface area (Å²) < 4.78 is 0. The molecule has 5 nitrogen and oxygen atoms in total. The average molecular weight is 438 g/mol. The van der Waals surface area contributed by atoms with Gasteiger partial charge in [0, 0.05) is 7.05 Å². The summed E-state index contributed by atoms with van der Waals surface area (Å²) in [6.45, 7) is 4.24. The van der Waals surface area contributed by atoms with Gasteiger partial charge in [0.15, 0.2) is 0 Å². The van der Waals surface area contributed by atoms with Gasteiger partial charge in [-0.25, -0.2) is 4.79 Å². The number of rotatable bonds is 7. The predicted molar refractivity (Wildman–Crippen MR) is 136 cm³/mol. The van der Waals surface area contributed by atoms with Crippen molar-refractivity contribution in [3.8, 4) is 11.1 Å². The number of carbonyl (C=O) groups is 1. The number of para-hydroxylation sites is 1. The molecule has 0 fully saturated rings.